The number of aliphatic hydroxyl groups excluding tert-OH is 2. The van der Waals surface area contributed by atoms with Crippen LogP contribution in [0.15, 0.2) is 18.2 Å². The molecule has 0 aliphatic heterocycles. The minimum Gasteiger partial charge on any atom is -0.482 e. The summed E-state index contributed by atoms with van der Waals surface area (Å²) in [6, 6.07) is 5.87. The lowest BCUT2D eigenvalue weighted by molar-refractivity contribution is -0.139. The predicted octanol–water partition coefficient (Wildman–Crippen LogP) is 4.22. The molecule has 164 valence electrons. The fraction of sp³-hybridized carbons (Fsp3) is 0.708. The highest BCUT2D eigenvalue weighted by atomic mass is 16.5. The van der Waals surface area contributed by atoms with Gasteiger partial charge in [0.05, 0.1) is 12.2 Å². The van der Waals surface area contributed by atoms with Crippen LogP contribution in [0, 0.1) is 17.8 Å². The van der Waals surface area contributed by atoms with E-state index in [0.717, 1.165) is 63.4 Å². The molecule has 1 fully saturated rings. The highest BCUT2D eigenvalue weighted by Gasteiger charge is 2.44. The number of aliphatic carboxylic acids is 1. The Bertz CT molecular complexity index is 659. The molecule has 2 aliphatic carbocycles. The Morgan fingerprint density at radius 1 is 1.24 bits per heavy atom. The molecule has 0 heterocycles. The Kier molecular flexibility index (Phi) is 8.97. The largest absolute Gasteiger partial charge is 0.482 e. The molecule has 2 unspecified atom stereocenters. The normalized spacial score (nSPS) is 26.2. The van der Waals surface area contributed by atoms with Crippen LogP contribution in [0.1, 0.15) is 70.4 Å². The number of rotatable bonds is 10. The van der Waals surface area contributed by atoms with Gasteiger partial charge in [0.25, 0.3) is 0 Å². The van der Waals surface area contributed by atoms with Gasteiger partial charge in [-0.1, -0.05) is 45.7 Å². The second kappa shape index (κ2) is 11.0. The van der Waals surface area contributed by atoms with Crippen LogP contribution in [0.5, 0.6) is 5.75 Å². The number of hydrogen-bond donors (Lipinski definition) is 3. The van der Waals surface area contributed by atoms with Gasteiger partial charge in [0.15, 0.2) is 6.61 Å². The summed E-state index contributed by atoms with van der Waals surface area (Å²) in [6.45, 7) is 1.84. The molecule has 5 nitrogen and oxygen atoms in total. The van der Waals surface area contributed by atoms with Crippen molar-refractivity contribution in [1.29, 1.82) is 0 Å². The third-order valence-electron chi connectivity index (χ3n) is 6.67. The second-order valence-corrected chi connectivity index (χ2v) is 8.60. The summed E-state index contributed by atoms with van der Waals surface area (Å²) in [7, 11) is 0. The summed E-state index contributed by atoms with van der Waals surface area (Å²) < 4.78 is 5.50. The summed E-state index contributed by atoms with van der Waals surface area (Å²) >= 11 is 0. The van der Waals surface area contributed by atoms with Crippen LogP contribution in [0.25, 0.3) is 0 Å². The van der Waals surface area contributed by atoms with E-state index in [2.05, 4.69) is 13.0 Å². The molecular weight excluding hydrogens is 368 g/mol. The van der Waals surface area contributed by atoms with Crippen molar-refractivity contribution in [3.63, 3.8) is 0 Å². The van der Waals surface area contributed by atoms with E-state index in [0.29, 0.717) is 17.6 Å². The second-order valence-electron chi connectivity index (χ2n) is 8.60. The average molecular weight is 407 g/mol. The maximum atomic E-state index is 10.8. The number of fused-ring (bicyclic) bond motifs is 2. The molecule has 3 N–H and O–H groups in total. The molecule has 0 aromatic heterocycles. The minimum absolute atomic E-state index is 0. The summed E-state index contributed by atoms with van der Waals surface area (Å²) in [5.74, 6) is 0.768. The smallest absolute Gasteiger partial charge is 0.341 e. The maximum Gasteiger partial charge on any atom is 0.341 e. The molecular formula is C24H38O5. The molecule has 0 radical (unpaired) electrons. The standard InChI is InChI=1S/C23H34O5.CH4/c1-2-3-4-7-17(24)9-10-18-19-11-15-6-5-8-22(28-14-23(26)27)20(15)12-16(19)13-21(18)25;/h5-6,8,16-19,21,24-25H,2-4,7,9-14H2,1H3,(H,26,27);1H4/t16?,17-,18+,19?,21+;/m0./s1. The van der Waals surface area contributed by atoms with Gasteiger partial charge in [0, 0.05) is 0 Å². The molecule has 5 heteroatoms. The highest BCUT2D eigenvalue weighted by molar-refractivity contribution is 5.68. The average Bonchev–Trinajstić information content (AvgIpc) is 2.97. The lowest BCUT2D eigenvalue weighted by Crippen LogP contribution is -2.28. The number of benzene rings is 1. The molecule has 5 atom stereocenters. The minimum atomic E-state index is -0.972. The zero-order valence-electron chi connectivity index (χ0n) is 16.8. The van der Waals surface area contributed by atoms with Gasteiger partial charge >= 0.3 is 5.97 Å². The van der Waals surface area contributed by atoms with Gasteiger partial charge < -0.3 is 20.1 Å². The third-order valence-corrected chi connectivity index (χ3v) is 6.67. The van der Waals surface area contributed by atoms with Crippen molar-refractivity contribution >= 4 is 5.97 Å². The van der Waals surface area contributed by atoms with Gasteiger partial charge in [0.1, 0.15) is 5.75 Å². The van der Waals surface area contributed by atoms with Crippen LogP contribution >= 0.6 is 0 Å². The van der Waals surface area contributed by atoms with E-state index in [-0.39, 0.29) is 32.2 Å². The van der Waals surface area contributed by atoms with E-state index in [1.54, 1.807) is 0 Å². The Balaban J connectivity index is 0.00000300. The molecule has 1 saturated carbocycles. The van der Waals surface area contributed by atoms with Gasteiger partial charge in [-0.15, -0.1) is 0 Å². The van der Waals surface area contributed by atoms with Crippen molar-refractivity contribution < 1.29 is 24.9 Å². The van der Waals surface area contributed by atoms with Crippen molar-refractivity contribution in [1.82, 2.24) is 0 Å². The lowest BCUT2D eigenvalue weighted by atomic mass is 9.73. The lowest BCUT2D eigenvalue weighted by Gasteiger charge is -2.32. The zero-order valence-corrected chi connectivity index (χ0v) is 16.8. The molecule has 0 saturated heterocycles. The van der Waals surface area contributed by atoms with E-state index in [1.807, 2.05) is 12.1 Å². The first kappa shape index (κ1) is 23.7. The zero-order chi connectivity index (χ0) is 20.1. The van der Waals surface area contributed by atoms with Gasteiger partial charge in [-0.2, -0.15) is 0 Å². The summed E-state index contributed by atoms with van der Waals surface area (Å²) in [6.07, 6.45) is 7.85. The molecule has 0 bridgehead atoms. The molecule has 1 aromatic carbocycles. The van der Waals surface area contributed by atoms with Crippen molar-refractivity contribution in [2.24, 2.45) is 17.8 Å². The molecule has 0 amide bonds. The van der Waals surface area contributed by atoms with Crippen LogP contribution in [0.2, 0.25) is 0 Å². The number of hydrogen-bond acceptors (Lipinski definition) is 4. The first-order valence-corrected chi connectivity index (χ1v) is 10.8. The van der Waals surface area contributed by atoms with Crippen molar-refractivity contribution in [2.75, 3.05) is 6.61 Å². The van der Waals surface area contributed by atoms with E-state index in [1.165, 1.54) is 5.56 Å². The van der Waals surface area contributed by atoms with Gasteiger partial charge in [-0.25, -0.2) is 4.79 Å². The predicted molar refractivity (Wildman–Crippen MR) is 114 cm³/mol. The first-order valence-electron chi connectivity index (χ1n) is 10.8. The molecule has 1 aromatic rings. The summed E-state index contributed by atoms with van der Waals surface area (Å²) in [5.41, 5.74) is 2.32. The number of ether oxygens (including phenoxy) is 1. The first-order chi connectivity index (χ1) is 13.5. The van der Waals surface area contributed by atoms with Crippen molar-refractivity contribution in [2.45, 2.75) is 84.3 Å². The third kappa shape index (κ3) is 5.95. The van der Waals surface area contributed by atoms with Gasteiger partial charge in [-0.3, -0.25) is 0 Å². The fourth-order valence-corrected chi connectivity index (χ4v) is 5.24. The fourth-order valence-electron chi connectivity index (χ4n) is 5.24. The number of carbonyl (C=O) groups is 1. The Labute approximate surface area is 175 Å². The number of carboxylic acid groups (broad SMARTS) is 1. The quantitative estimate of drug-likeness (QED) is 0.507. The molecule has 3 rings (SSSR count). The van der Waals surface area contributed by atoms with E-state index in [4.69, 9.17) is 9.84 Å². The van der Waals surface area contributed by atoms with E-state index in [9.17, 15) is 15.0 Å². The molecule has 29 heavy (non-hydrogen) atoms. The summed E-state index contributed by atoms with van der Waals surface area (Å²) in [4.78, 5) is 10.8. The van der Waals surface area contributed by atoms with E-state index < -0.39 is 5.97 Å². The Hall–Kier alpha value is -1.59. The number of carboxylic acids is 1. The van der Waals surface area contributed by atoms with Crippen molar-refractivity contribution in [3.05, 3.63) is 29.3 Å². The van der Waals surface area contributed by atoms with Crippen LogP contribution in [0.4, 0.5) is 0 Å². The van der Waals surface area contributed by atoms with Crippen molar-refractivity contribution in [3.8, 4) is 5.75 Å². The van der Waals surface area contributed by atoms with E-state index >= 15 is 0 Å². The monoisotopic (exact) mass is 406 g/mol. The maximum absolute atomic E-state index is 10.8. The number of aliphatic hydroxyl groups is 2. The molecule has 2 aliphatic rings. The van der Waals surface area contributed by atoms with Crippen LogP contribution in [-0.2, 0) is 17.6 Å². The molecule has 0 spiro atoms. The van der Waals surface area contributed by atoms with Gasteiger partial charge in [-0.05, 0) is 73.5 Å². The summed E-state index contributed by atoms with van der Waals surface area (Å²) in [5, 5.41) is 29.8. The van der Waals surface area contributed by atoms with Crippen LogP contribution < -0.4 is 4.74 Å². The Morgan fingerprint density at radius 2 is 2.03 bits per heavy atom. The SMILES string of the molecule is C.CCCCC[C@H](O)CC[C@@H]1C2Cc3cccc(OCC(=O)O)c3CC2C[C@H]1O. The van der Waals surface area contributed by atoms with Gasteiger partial charge in [0.2, 0.25) is 0 Å². The Morgan fingerprint density at radius 3 is 2.76 bits per heavy atom. The topological polar surface area (TPSA) is 87.0 Å². The van der Waals surface area contributed by atoms with Crippen LogP contribution in [-0.4, -0.2) is 40.1 Å². The number of unbranched alkanes of at least 4 members (excludes halogenated alkanes) is 2. The highest BCUT2D eigenvalue weighted by Crippen LogP contribution is 2.48. The van der Waals surface area contributed by atoms with Crippen LogP contribution in [0.3, 0.4) is 0 Å².